The van der Waals surface area contributed by atoms with Crippen molar-refractivity contribution in [2.24, 2.45) is 0 Å². The van der Waals surface area contributed by atoms with E-state index < -0.39 is 0 Å². The predicted octanol–water partition coefficient (Wildman–Crippen LogP) is 4.48. The first-order chi connectivity index (χ1) is 10.3. The molecular weight excluding hydrogens is 326 g/mol. The Kier molecular flexibility index (Phi) is 3.85. The van der Waals surface area contributed by atoms with E-state index in [1.54, 1.807) is 6.07 Å². The molecular formula is C17H12BrN3. The van der Waals surface area contributed by atoms with Gasteiger partial charge in [-0.25, -0.2) is 0 Å². The van der Waals surface area contributed by atoms with Gasteiger partial charge in [0.15, 0.2) is 0 Å². The molecule has 0 saturated carbocycles. The number of nitrogens with one attached hydrogen (secondary N) is 1. The van der Waals surface area contributed by atoms with E-state index in [1.807, 2.05) is 42.6 Å². The van der Waals surface area contributed by atoms with Crippen molar-refractivity contribution < 1.29 is 0 Å². The standard InChI is InChI=1S/C17H12BrN3/c18-15-9-12(10-19)5-6-17(15)21-11-13-7-8-20-16-4-2-1-3-14(13)16/h1-9,21H,11H2. The van der Waals surface area contributed by atoms with E-state index in [4.69, 9.17) is 5.26 Å². The third kappa shape index (κ3) is 2.88. The maximum Gasteiger partial charge on any atom is 0.0992 e. The molecule has 1 aromatic heterocycles. The van der Waals surface area contributed by atoms with Crippen molar-refractivity contribution in [2.45, 2.75) is 6.54 Å². The molecule has 0 amide bonds. The van der Waals surface area contributed by atoms with Crippen LogP contribution in [0.5, 0.6) is 0 Å². The topological polar surface area (TPSA) is 48.7 Å². The van der Waals surface area contributed by atoms with E-state index in [9.17, 15) is 0 Å². The van der Waals surface area contributed by atoms with Crippen LogP contribution in [0.15, 0.2) is 59.2 Å². The summed E-state index contributed by atoms with van der Waals surface area (Å²) in [5.41, 5.74) is 3.80. The Labute approximate surface area is 131 Å². The lowest BCUT2D eigenvalue weighted by Crippen LogP contribution is -2.01. The average molecular weight is 338 g/mol. The Balaban J connectivity index is 1.86. The van der Waals surface area contributed by atoms with Gasteiger partial charge in [0.1, 0.15) is 0 Å². The molecule has 0 unspecified atom stereocenters. The van der Waals surface area contributed by atoms with Crippen molar-refractivity contribution in [3.63, 3.8) is 0 Å². The van der Waals surface area contributed by atoms with Gasteiger partial charge in [0.05, 0.1) is 17.1 Å². The van der Waals surface area contributed by atoms with Crippen LogP contribution in [0.2, 0.25) is 0 Å². The van der Waals surface area contributed by atoms with Gasteiger partial charge in [0, 0.05) is 28.3 Å². The number of halogens is 1. The first-order valence-electron chi connectivity index (χ1n) is 6.54. The largest absolute Gasteiger partial charge is 0.380 e. The number of anilines is 1. The lowest BCUT2D eigenvalue weighted by Gasteiger charge is -2.10. The van der Waals surface area contributed by atoms with Gasteiger partial charge in [-0.3, -0.25) is 4.98 Å². The van der Waals surface area contributed by atoms with Gasteiger partial charge in [-0.1, -0.05) is 18.2 Å². The fourth-order valence-electron chi connectivity index (χ4n) is 2.23. The zero-order valence-electron chi connectivity index (χ0n) is 11.2. The minimum absolute atomic E-state index is 0.641. The molecule has 1 N–H and O–H groups in total. The zero-order chi connectivity index (χ0) is 14.7. The number of nitrogens with zero attached hydrogens (tertiary/aromatic N) is 2. The summed E-state index contributed by atoms with van der Waals surface area (Å²) in [6.07, 6.45) is 1.83. The van der Waals surface area contributed by atoms with E-state index in [1.165, 1.54) is 5.56 Å². The molecule has 0 fully saturated rings. The Morgan fingerprint density at radius 3 is 2.81 bits per heavy atom. The molecule has 0 spiro atoms. The molecule has 3 aromatic rings. The van der Waals surface area contributed by atoms with Crippen LogP contribution in [0.4, 0.5) is 5.69 Å². The van der Waals surface area contributed by atoms with Crippen molar-refractivity contribution in [1.82, 2.24) is 4.98 Å². The van der Waals surface area contributed by atoms with Crippen molar-refractivity contribution >= 4 is 32.5 Å². The molecule has 0 aliphatic rings. The number of benzene rings is 2. The summed E-state index contributed by atoms with van der Waals surface area (Å²) in [5, 5.41) is 13.4. The molecule has 4 heteroatoms. The molecule has 0 bridgehead atoms. The van der Waals surface area contributed by atoms with Crippen LogP contribution in [0.3, 0.4) is 0 Å². The van der Waals surface area contributed by atoms with Gasteiger partial charge in [-0.05, 0) is 51.8 Å². The van der Waals surface area contributed by atoms with Crippen molar-refractivity contribution in [3.8, 4) is 6.07 Å². The number of pyridine rings is 1. The summed E-state index contributed by atoms with van der Waals surface area (Å²) in [7, 11) is 0. The summed E-state index contributed by atoms with van der Waals surface area (Å²) < 4.78 is 0.889. The minimum atomic E-state index is 0.641. The third-order valence-electron chi connectivity index (χ3n) is 3.31. The molecule has 3 rings (SSSR count). The zero-order valence-corrected chi connectivity index (χ0v) is 12.8. The number of rotatable bonds is 3. The highest BCUT2D eigenvalue weighted by molar-refractivity contribution is 9.10. The van der Waals surface area contributed by atoms with E-state index in [-0.39, 0.29) is 0 Å². The van der Waals surface area contributed by atoms with E-state index in [2.05, 4.69) is 38.4 Å². The highest BCUT2D eigenvalue weighted by atomic mass is 79.9. The molecule has 0 aliphatic heterocycles. The van der Waals surface area contributed by atoms with E-state index in [0.717, 1.165) is 21.1 Å². The quantitative estimate of drug-likeness (QED) is 0.766. The smallest absolute Gasteiger partial charge is 0.0992 e. The molecule has 21 heavy (non-hydrogen) atoms. The maximum atomic E-state index is 8.88. The Bertz CT molecular complexity index is 832. The number of nitriles is 1. The molecule has 0 radical (unpaired) electrons. The van der Waals surface area contributed by atoms with Gasteiger partial charge in [-0.15, -0.1) is 0 Å². The summed E-state index contributed by atoms with van der Waals surface area (Å²) in [6, 6.07) is 17.8. The van der Waals surface area contributed by atoms with Crippen LogP contribution >= 0.6 is 15.9 Å². The second kappa shape index (κ2) is 5.94. The number of fused-ring (bicyclic) bond motifs is 1. The molecule has 2 aromatic carbocycles. The fourth-order valence-corrected chi connectivity index (χ4v) is 2.75. The summed E-state index contributed by atoms with van der Waals surface area (Å²) in [5.74, 6) is 0. The van der Waals surface area contributed by atoms with Gasteiger partial charge in [0.25, 0.3) is 0 Å². The van der Waals surface area contributed by atoms with E-state index in [0.29, 0.717) is 12.1 Å². The molecule has 3 nitrogen and oxygen atoms in total. The van der Waals surface area contributed by atoms with Gasteiger partial charge in [-0.2, -0.15) is 5.26 Å². The summed E-state index contributed by atoms with van der Waals surface area (Å²) in [6.45, 7) is 0.702. The van der Waals surface area contributed by atoms with Crippen molar-refractivity contribution in [1.29, 1.82) is 5.26 Å². The third-order valence-corrected chi connectivity index (χ3v) is 3.96. The second-order valence-electron chi connectivity index (χ2n) is 4.65. The predicted molar refractivity (Wildman–Crippen MR) is 87.9 cm³/mol. The first-order valence-corrected chi connectivity index (χ1v) is 7.33. The fraction of sp³-hybridized carbons (Fsp3) is 0.0588. The highest BCUT2D eigenvalue weighted by Crippen LogP contribution is 2.25. The molecule has 0 saturated heterocycles. The average Bonchev–Trinajstić information content (AvgIpc) is 2.53. The Morgan fingerprint density at radius 1 is 1.14 bits per heavy atom. The number of hydrogen-bond donors (Lipinski definition) is 1. The molecule has 0 atom stereocenters. The minimum Gasteiger partial charge on any atom is -0.380 e. The lowest BCUT2D eigenvalue weighted by molar-refractivity contribution is 1.15. The molecule has 1 heterocycles. The van der Waals surface area contributed by atoms with Gasteiger partial charge >= 0.3 is 0 Å². The normalized spacial score (nSPS) is 10.3. The van der Waals surface area contributed by atoms with Crippen LogP contribution < -0.4 is 5.32 Å². The monoisotopic (exact) mass is 337 g/mol. The van der Waals surface area contributed by atoms with Crippen LogP contribution in [0.1, 0.15) is 11.1 Å². The Morgan fingerprint density at radius 2 is 2.00 bits per heavy atom. The van der Waals surface area contributed by atoms with Gasteiger partial charge in [0.2, 0.25) is 0 Å². The number of hydrogen-bond acceptors (Lipinski definition) is 3. The summed E-state index contributed by atoms with van der Waals surface area (Å²) in [4.78, 5) is 4.36. The Hall–Kier alpha value is -2.38. The second-order valence-corrected chi connectivity index (χ2v) is 5.50. The molecule has 102 valence electrons. The van der Waals surface area contributed by atoms with Crippen LogP contribution in [0, 0.1) is 11.3 Å². The van der Waals surface area contributed by atoms with Crippen LogP contribution in [0.25, 0.3) is 10.9 Å². The maximum absolute atomic E-state index is 8.88. The van der Waals surface area contributed by atoms with Crippen molar-refractivity contribution in [2.75, 3.05) is 5.32 Å². The molecule has 0 aliphatic carbocycles. The first kappa shape index (κ1) is 13.6. The SMILES string of the molecule is N#Cc1ccc(NCc2ccnc3ccccc23)c(Br)c1. The van der Waals surface area contributed by atoms with E-state index >= 15 is 0 Å². The van der Waals surface area contributed by atoms with Crippen LogP contribution in [-0.2, 0) is 6.54 Å². The summed E-state index contributed by atoms with van der Waals surface area (Å²) >= 11 is 3.49. The van der Waals surface area contributed by atoms with Gasteiger partial charge < -0.3 is 5.32 Å². The lowest BCUT2D eigenvalue weighted by atomic mass is 10.1. The van der Waals surface area contributed by atoms with Crippen LogP contribution in [-0.4, -0.2) is 4.98 Å². The van der Waals surface area contributed by atoms with Crippen molar-refractivity contribution in [3.05, 3.63) is 70.3 Å². The number of para-hydroxylation sites is 1. The highest BCUT2D eigenvalue weighted by Gasteiger charge is 2.04. The number of aromatic nitrogens is 1.